The second kappa shape index (κ2) is 9.58. The zero-order chi connectivity index (χ0) is 22.5. The van der Waals surface area contributed by atoms with Gasteiger partial charge in [0.25, 0.3) is 0 Å². The first-order valence-corrected chi connectivity index (χ1v) is 9.62. The van der Waals surface area contributed by atoms with Gasteiger partial charge in [0.15, 0.2) is 0 Å². The van der Waals surface area contributed by atoms with Gasteiger partial charge in [0, 0.05) is 31.0 Å². The minimum Gasteiger partial charge on any atom is -0.507 e. The Morgan fingerprint density at radius 2 is 1.83 bits per heavy atom. The van der Waals surface area contributed by atoms with Crippen molar-refractivity contribution in [1.29, 1.82) is 0 Å². The predicted octanol–water partition coefficient (Wildman–Crippen LogP) is 2.74. The van der Waals surface area contributed by atoms with Crippen molar-refractivity contribution in [1.82, 2.24) is 10.3 Å². The third kappa shape index (κ3) is 5.48. The number of hydrogen-bond acceptors (Lipinski definition) is 6. The number of phenols is 1. The first-order valence-electron chi connectivity index (χ1n) is 9.62. The summed E-state index contributed by atoms with van der Waals surface area (Å²) in [5.41, 5.74) is 5.00. The zero-order valence-electron chi connectivity index (χ0n) is 17.7. The molecule has 8 heteroatoms. The highest BCUT2D eigenvalue weighted by atomic mass is 16.5. The Kier molecular flexibility index (Phi) is 7.39. The number of phenolic OH excluding ortho intramolecular Hbond substituents is 1. The molecule has 2 heterocycles. The first kappa shape index (κ1) is 23.2. The Hall–Kier alpha value is -3.13. The summed E-state index contributed by atoms with van der Waals surface area (Å²) < 4.78 is 6.42. The van der Waals surface area contributed by atoms with Gasteiger partial charge in [-0.25, -0.2) is 9.59 Å². The maximum atomic E-state index is 10.3. The number of carbonyl (C=O) groups is 2. The molecule has 0 saturated carbocycles. The lowest BCUT2D eigenvalue weighted by Gasteiger charge is -2.38. The molecule has 0 radical (unpaired) electrons. The smallest absolute Gasteiger partial charge is 0.414 e. The fraction of sp³-hybridized carbons (Fsp3) is 0.409. The molecule has 1 aromatic heterocycles. The molecule has 0 amide bonds. The van der Waals surface area contributed by atoms with Gasteiger partial charge in [-0.2, -0.15) is 0 Å². The molecular formula is C22H28N2O6. The highest BCUT2D eigenvalue weighted by Gasteiger charge is 2.34. The zero-order valence-corrected chi connectivity index (χ0v) is 17.7. The van der Waals surface area contributed by atoms with Crippen LogP contribution in [0.1, 0.15) is 41.2 Å². The quantitative estimate of drug-likeness (QED) is 0.560. The number of pyridine rings is 1. The molecule has 1 atom stereocenters. The van der Waals surface area contributed by atoms with E-state index in [0.717, 1.165) is 53.9 Å². The molecule has 0 saturated heterocycles. The summed E-state index contributed by atoms with van der Waals surface area (Å²) in [4.78, 5) is 22.3. The van der Waals surface area contributed by atoms with Crippen LogP contribution in [0.2, 0.25) is 0 Å². The van der Waals surface area contributed by atoms with Crippen molar-refractivity contribution in [3.63, 3.8) is 0 Å². The van der Waals surface area contributed by atoms with Gasteiger partial charge in [-0.05, 0) is 68.9 Å². The van der Waals surface area contributed by atoms with Gasteiger partial charge in [0.1, 0.15) is 17.1 Å². The molecule has 0 spiro atoms. The molecule has 1 aromatic carbocycles. The van der Waals surface area contributed by atoms with Gasteiger partial charge < -0.3 is 25.4 Å². The number of carboxylic acids is 2. The van der Waals surface area contributed by atoms with Crippen LogP contribution in [0.5, 0.6) is 11.5 Å². The van der Waals surface area contributed by atoms with Crippen molar-refractivity contribution in [2.45, 2.75) is 52.7 Å². The lowest BCUT2D eigenvalue weighted by molar-refractivity contribution is -0.159. The Labute approximate surface area is 175 Å². The van der Waals surface area contributed by atoms with E-state index in [-0.39, 0.29) is 5.60 Å². The molecule has 30 heavy (non-hydrogen) atoms. The van der Waals surface area contributed by atoms with Crippen molar-refractivity contribution in [3.8, 4) is 11.5 Å². The van der Waals surface area contributed by atoms with Gasteiger partial charge in [-0.1, -0.05) is 6.07 Å². The SMILES string of the molecule is Cc1c(C)c2c(c(C)c1O)CCC(C)(CNCc1cccnc1)O2.O=C(O)C(=O)O. The van der Waals surface area contributed by atoms with Crippen LogP contribution in [0, 0.1) is 20.8 Å². The van der Waals surface area contributed by atoms with E-state index in [1.807, 2.05) is 33.0 Å². The fourth-order valence-electron chi connectivity index (χ4n) is 3.39. The van der Waals surface area contributed by atoms with Gasteiger partial charge in [0.05, 0.1) is 0 Å². The summed E-state index contributed by atoms with van der Waals surface area (Å²) in [5, 5.41) is 28.5. The van der Waals surface area contributed by atoms with Gasteiger partial charge >= 0.3 is 11.9 Å². The van der Waals surface area contributed by atoms with Gasteiger partial charge in [0.2, 0.25) is 0 Å². The Bertz CT molecular complexity index is 917. The Balaban J connectivity index is 0.000000469. The topological polar surface area (TPSA) is 129 Å². The lowest BCUT2D eigenvalue weighted by atomic mass is 9.87. The maximum absolute atomic E-state index is 10.3. The van der Waals surface area contributed by atoms with Crippen molar-refractivity contribution >= 4 is 11.9 Å². The molecule has 4 N–H and O–H groups in total. The molecule has 0 bridgehead atoms. The lowest BCUT2D eigenvalue weighted by Crippen LogP contribution is -2.45. The summed E-state index contributed by atoms with van der Waals surface area (Å²) in [6, 6.07) is 4.02. The van der Waals surface area contributed by atoms with Gasteiger partial charge in [-0.3, -0.25) is 4.98 Å². The summed E-state index contributed by atoms with van der Waals surface area (Å²) in [6.45, 7) is 9.68. The predicted molar refractivity (Wildman–Crippen MR) is 111 cm³/mol. The molecule has 0 fully saturated rings. The average Bonchev–Trinajstić information content (AvgIpc) is 2.71. The molecule has 1 aliphatic rings. The number of aliphatic carboxylic acids is 2. The van der Waals surface area contributed by atoms with Crippen LogP contribution < -0.4 is 10.1 Å². The number of carboxylic acid groups (broad SMARTS) is 2. The Morgan fingerprint density at radius 1 is 1.17 bits per heavy atom. The number of benzene rings is 1. The number of aromatic hydroxyl groups is 1. The molecule has 1 aliphatic heterocycles. The monoisotopic (exact) mass is 416 g/mol. The highest BCUT2D eigenvalue weighted by molar-refractivity contribution is 6.27. The highest BCUT2D eigenvalue weighted by Crippen LogP contribution is 2.43. The van der Waals surface area contributed by atoms with Crippen molar-refractivity contribution in [2.75, 3.05) is 6.54 Å². The standard InChI is InChI=1S/C20H26N2O2.C2H2O4/c1-13-14(2)19-17(15(3)18(13)23)7-8-20(4,24-19)12-22-11-16-6-5-9-21-10-16;3-1(4)2(5)6/h5-6,9-10,22-23H,7-8,11-12H2,1-4H3;(H,3,4)(H,5,6). The largest absolute Gasteiger partial charge is 0.507 e. The molecule has 2 aromatic rings. The van der Waals surface area contributed by atoms with E-state index < -0.39 is 11.9 Å². The number of fused-ring (bicyclic) bond motifs is 1. The number of nitrogens with zero attached hydrogens (tertiary/aromatic N) is 1. The maximum Gasteiger partial charge on any atom is 0.414 e. The minimum absolute atomic E-state index is 0.240. The van der Waals surface area contributed by atoms with E-state index in [1.165, 1.54) is 5.56 Å². The van der Waals surface area contributed by atoms with Crippen LogP contribution in [-0.2, 0) is 22.6 Å². The van der Waals surface area contributed by atoms with E-state index in [2.05, 4.69) is 23.3 Å². The summed E-state index contributed by atoms with van der Waals surface area (Å²) in [5.74, 6) is -2.28. The molecule has 1 unspecified atom stereocenters. The van der Waals surface area contributed by atoms with Crippen molar-refractivity contribution in [2.24, 2.45) is 0 Å². The summed E-state index contributed by atoms with van der Waals surface area (Å²) in [7, 11) is 0. The van der Waals surface area contributed by atoms with E-state index >= 15 is 0 Å². The third-order valence-corrected chi connectivity index (χ3v) is 5.33. The normalized spacial score (nSPS) is 17.2. The summed E-state index contributed by atoms with van der Waals surface area (Å²) >= 11 is 0. The molecule has 8 nitrogen and oxygen atoms in total. The fourth-order valence-corrected chi connectivity index (χ4v) is 3.39. The van der Waals surface area contributed by atoms with Crippen molar-refractivity contribution in [3.05, 3.63) is 52.3 Å². The number of hydrogen-bond donors (Lipinski definition) is 4. The van der Waals surface area contributed by atoms with E-state index in [9.17, 15) is 5.11 Å². The van der Waals surface area contributed by atoms with Crippen molar-refractivity contribution < 1.29 is 29.6 Å². The van der Waals surface area contributed by atoms with Crippen LogP contribution in [-0.4, -0.2) is 44.4 Å². The first-order chi connectivity index (χ1) is 14.1. The van der Waals surface area contributed by atoms with E-state index in [1.54, 1.807) is 6.20 Å². The number of nitrogens with one attached hydrogen (secondary N) is 1. The summed E-state index contributed by atoms with van der Waals surface area (Å²) in [6.07, 6.45) is 5.53. The number of aromatic nitrogens is 1. The van der Waals surface area contributed by atoms with E-state index in [4.69, 9.17) is 24.5 Å². The Morgan fingerprint density at radius 3 is 2.40 bits per heavy atom. The van der Waals surface area contributed by atoms with E-state index in [0.29, 0.717) is 5.75 Å². The van der Waals surface area contributed by atoms with Crippen LogP contribution >= 0.6 is 0 Å². The number of rotatable bonds is 4. The average molecular weight is 416 g/mol. The van der Waals surface area contributed by atoms with Crippen LogP contribution in [0.25, 0.3) is 0 Å². The molecule has 0 aliphatic carbocycles. The van der Waals surface area contributed by atoms with Gasteiger partial charge in [-0.15, -0.1) is 0 Å². The van der Waals surface area contributed by atoms with Crippen LogP contribution in [0.3, 0.4) is 0 Å². The third-order valence-electron chi connectivity index (χ3n) is 5.33. The molecular weight excluding hydrogens is 388 g/mol. The minimum atomic E-state index is -1.82. The van der Waals surface area contributed by atoms with Crippen LogP contribution in [0.4, 0.5) is 0 Å². The molecule has 162 valence electrons. The second-order valence-corrected chi connectivity index (χ2v) is 7.66. The molecule has 3 rings (SSSR count). The van der Waals surface area contributed by atoms with Crippen LogP contribution in [0.15, 0.2) is 24.5 Å². The second-order valence-electron chi connectivity index (χ2n) is 7.66. The number of ether oxygens (including phenoxy) is 1.